The smallest absolute Gasteiger partial charge is 0.229 e. The van der Waals surface area contributed by atoms with E-state index in [-0.39, 0.29) is 12.3 Å². The highest BCUT2D eigenvalue weighted by atomic mass is 32.1. The van der Waals surface area contributed by atoms with Gasteiger partial charge in [0, 0.05) is 23.5 Å². The Kier molecular flexibility index (Phi) is 5.25. The number of carbonyl (C=O) groups excluding carboxylic acids is 1. The van der Waals surface area contributed by atoms with Crippen LogP contribution in [0.3, 0.4) is 0 Å². The van der Waals surface area contributed by atoms with E-state index < -0.39 is 0 Å². The van der Waals surface area contributed by atoms with Gasteiger partial charge in [-0.1, -0.05) is 11.3 Å². The molecule has 0 bridgehead atoms. The zero-order valence-electron chi connectivity index (χ0n) is 13.9. The van der Waals surface area contributed by atoms with Gasteiger partial charge < -0.3 is 14.8 Å². The van der Waals surface area contributed by atoms with Crippen molar-refractivity contribution in [3.8, 4) is 22.1 Å². The van der Waals surface area contributed by atoms with Crippen LogP contribution < -0.4 is 14.8 Å². The number of benzene rings is 1. The largest absolute Gasteiger partial charge is 0.497 e. The summed E-state index contributed by atoms with van der Waals surface area (Å²) >= 11 is 1.42. The second kappa shape index (κ2) is 7.76. The number of anilines is 1. The Morgan fingerprint density at radius 1 is 1.16 bits per heavy atom. The van der Waals surface area contributed by atoms with E-state index in [1.165, 1.54) is 11.3 Å². The van der Waals surface area contributed by atoms with E-state index in [0.29, 0.717) is 16.5 Å². The van der Waals surface area contributed by atoms with Gasteiger partial charge in [-0.2, -0.15) is 0 Å². The van der Waals surface area contributed by atoms with Crippen LogP contribution in [0.25, 0.3) is 10.6 Å². The first-order valence-corrected chi connectivity index (χ1v) is 8.38. The van der Waals surface area contributed by atoms with Gasteiger partial charge in [0.1, 0.15) is 21.5 Å². The molecule has 1 N–H and O–H groups in total. The lowest BCUT2D eigenvalue weighted by Gasteiger charge is -2.10. The van der Waals surface area contributed by atoms with Crippen molar-refractivity contribution in [2.75, 3.05) is 19.5 Å². The van der Waals surface area contributed by atoms with Gasteiger partial charge in [0.25, 0.3) is 0 Å². The van der Waals surface area contributed by atoms with Gasteiger partial charge in [-0.3, -0.25) is 9.78 Å². The summed E-state index contributed by atoms with van der Waals surface area (Å²) in [4.78, 5) is 20.7. The molecule has 2 heterocycles. The second-order valence-corrected chi connectivity index (χ2v) is 6.20. The summed E-state index contributed by atoms with van der Waals surface area (Å²) in [6, 6.07) is 9.14. The Labute approximate surface area is 149 Å². The molecule has 25 heavy (non-hydrogen) atoms. The fourth-order valence-electron chi connectivity index (χ4n) is 2.33. The third-order valence-electron chi connectivity index (χ3n) is 3.53. The molecule has 1 amide bonds. The maximum Gasteiger partial charge on any atom is 0.229 e. The highest BCUT2D eigenvalue weighted by molar-refractivity contribution is 7.19. The van der Waals surface area contributed by atoms with Gasteiger partial charge in [0.05, 0.1) is 26.8 Å². The van der Waals surface area contributed by atoms with Gasteiger partial charge in [0.15, 0.2) is 0 Å². The van der Waals surface area contributed by atoms with Gasteiger partial charge in [-0.25, -0.2) is 4.98 Å². The molecule has 1 aromatic carbocycles. The molecule has 6 nitrogen and oxygen atoms in total. The highest BCUT2D eigenvalue weighted by Crippen LogP contribution is 2.29. The molecule has 0 atom stereocenters. The van der Waals surface area contributed by atoms with Crippen molar-refractivity contribution in [3.05, 3.63) is 54.5 Å². The van der Waals surface area contributed by atoms with E-state index in [2.05, 4.69) is 15.3 Å². The maximum atomic E-state index is 12.4. The van der Waals surface area contributed by atoms with Crippen LogP contribution in [0, 0.1) is 0 Å². The van der Waals surface area contributed by atoms with Crippen LogP contribution in [-0.4, -0.2) is 30.1 Å². The number of nitrogens with zero attached hydrogens (tertiary/aromatic N) is 2. The molecule has 7 heteroatoms. The predicted molar refractivity (Wildman–Crippen MR) is 97.2 cm³/mol. The fraction of sp³-hybridized carbons (Fsp3) is 0.167. The van der Waals surface area contributed by atoms with E-state index >= 15 is 0 Å². The number of amides is 1. The first kappa shape index (κ1) is 16.9. The van der Waals surface area contributed by atoms with Gasteiger partial charge in [0.2, 0.25) is 5.91 Å². The Morgan fingerprint density at radius 2 is 1.96 bits per heavy atom. The Morgan fingerprint density at radius 3 is 2.68 bits per heavy atom. The zero-order chi connectivity index (χ0) is 17.6. The second-order valence-electron chi connectivity index (χ2n) is 5.17. The molecule has 3 rings (SSSR count). The molecule has 2 aromatic heterocycles. The predicted octanol–water partition coefficient (Wildman–Crippen LogP) is 3.40. The summed E-state index contributed by atoms with van der Waals surface area (Å²) in [6.07, 6.45) is 5.26. The number of methoxy groups -OCH3 is 2. The van der Waals surface area contributed by atoms with Gasteiger partial charge >= 0.3 is 0 Å². The molecular weight excluding hydrogens is 338 g/mol. The van der Waals surface area contributed by atoms with Crippen LogP contribution >= 0.6 is 11.3 Å². The van der Waals surface area contributed by atoms with E-state index in [4.69, 9.17) is 9.47 Å². The monoisotopic (exact) mass is 355 g/mol. The Balaban J connectivity index is 1.70. The van der Waals surface area contributed by atoms with Crippen LogP contribution in [0.1, 0.15) is 5.56 Å². The van der Waals surface area contributed by atoms with Crippen LogP contribution in [-0.2, 0) is 11.2 Å². The summed E-state index contributed by atoms with van der Waals surface area (Å²) in [7, 11) is 3.16. The molecule has 0 saturated heterocycles. The number of pyridine rings is 1. The molecule has 0 radical (unpaired) electrons. The first-order chi connectivity index (χ1) is 12.2. The molecule has 128 valence electrons. The van der Waals surface area contributed by atoms with Crippen molar-refractivity contribution < 1.29 is 14.3 Å². The molecular formula is C18H17N3O3S. The number of thiazole rings is 1. The zero-order valence-corrected chi connectivity index (χ0v) is 14.7. The van der Waals surface area contributed by atoms with Crippen molar-refractivity contribution in [1.29, 1.82) is 0 Å². The number of rotatable bonds is 6. The number of nitrogens with one attached hydrogen (secondary N) is 1. The molecule has 0 fully saturated rings. The minimum absolute atomic E-state index is 0.142. The lowest BCUT2D eigenvalue weighted by atomic mass is 10.1. The molecule has 0 spiro atoms. The summed E-state index contributed by atoms with van der Waals surface area (Å²) in [5.74, 6) is 1.19. The lowest BCUT2D eigenvalue weighted by molar-refractivity contribution is -0.115. The molecule has 0 aliphatic carbocycles. The van der Waals surface area contributed by atoms with E-state index in [1.807, 2.05) is 12.1 Å². The minimum Gasteiger partial charge on any atom is -0.497 e. The van der Waals surface area contributed by atoms with Crippen molar-refractivity contribution in [2.45, 2.75) is 6.42 Å². The summed E-state index contributed by atoms with van der Waals surface area (Å²) in [5.41, 5.74) is 1.73. The standard InChI is InChI=1S/C18H17N3O3S/c1-23-14-3-4-15(24-2)13(9-14)10-16(22)21-17-11-20-18(25-17)12-5-7-19-8-6-12/h3-9,11H,10H2,1-2H3,(H,21,22). The van der Waals surface area contributed by atoms with Crippen LogP contribution in [0.5, 0.6) is 11.5 Å². The average molecular weight is 355 g/mol. The van der Waals surface area contributed by atoms with Crippen LogP contribution in [0.2, 0.25) is 0 Å². The molecule has 3 aromatic rings. The van der Waals surface area contributed by atoms with Crippen molar-refractivity contribution in [1.82, 2.24) is 9.97 Å². The molecule has 0 unspecified atom stereocenters. The number of hydrogen-bond donors (Lipinski definition) is 1. The maximum absolute atomic E-state index is 12.4. The van der Waals surface area contributed by atoms with Crippen LogP contribution in [0.4, 0.5) is 5.00 Å². The third kappa shape index (κ3) is 4.13. The summed E-state index contributed by atoms with van der Waals surface area (Å²) < 4.78 is 10.5. The van der Waals surface area contributed by atoms with Gasteiger partial charge in [-0.05, 0) is 30.3 Å². The topological polar surface area (TPSA) is 73.3 Å². The fourth-order valence-corrected chi connectivity index (χ4v) is 3.17. The highest BCUT2D eigenvalue weighted by Gasteiger charge is 2.12. The SMILES string of the molecule is COc1ccc(OC)c(CC(=O)Nc2cnc(-c3ccncc3)s2)c1. The van der Waals surface area contributed by atoms with E-state index in [1.54, 1.807) is 51.0 Å². The van der Waals surface area contributed by atoms with E-state index in [9.17, 15) is 4.79 Å². The minimum atomic E-state index is -0.142. The number of ether oxygens (including phenoxy) is 2. The molecule has 0 saturated carbocycles. The Bertz CT molecular complexity index is 865. The third-order valence-corrected chi connectivity index (χ3v) is 4.50. The molecule has 0 aliphatic heterocycles. The number of aromatic nitrogens is 2. The van der Waals surface area contributed by atoms with Crippen molar-refractivity contribution in [2.24, 2.45) is 0 Å². The van der Waals surface area contributed by atoms with Gasteiger partial charge in [-0.15, -0.1) is 0 Å². The van der Waals surface area contributed by atoms with E-state index in [0.717, 1.165) is 16.1 Å². The van der Waals surface area contributed by atoms with Crippen molar-refractivity contribution in [3.63, 3.8) is 0 Å². The lowest BCUT2D eigenvalue weighted by Crippen LogP contribution is -2.14. The Hall–Kier alpha value is -2.93. The molecule has 0 aliphatic rings. The van der Waals surface area contributed by atoms with Crippen molar-refractivity contribution >= 4 is 22.2 Å². The van der Waals surface area contributed by atoms with Crippen LogP contribution in [0.15, 0.2) is 48.9 Å². The summed E-state index contributed by atoms with van der Waals surface area (Å²) in [6.45, 7) is 0. The normalized spacial score (nSPS) is 10.3. The first-order valence-electron chi connectivity index (χ1n) is 7.56. The number of carbonyl (C=O) groups is 1. The average Bonchev–Trinajstić information content (AvgIpc) is 3.10. The quantitative estimate of drug-likeness (QED) is 0.733. The summed E-state index contributed by atoms with van der Waals surface area (Å²) in [5, 5.41) is 4.40. The number of hydrogen-bond acceptors (Lipinski definition) is 6.